The van der Waals surface area contributed by atoms with Gasteiger partial charge in [0.1, 0.15) is 6.61 Å². The summed E-state index contributed by atoms with van der Waals surface area (Å²) in [6.07, 6.45) is 1.14. The second-order valence-corrected chi connectivity index (χ2v) is 5.91. The van der Waals surface area contributed by atoms with E-state index in [2.05, 4.69) is 27.0 Å². The van der Waals surface area contributed by atoms with Crippen LogP contribution in [0.15, 0.2) is 11.4 Å². The molecule has 0 spiro atoms. The summed E-state index contributed by atoms with van der Waals surface area (Å²) in [5.41, 5.74) is 1.04. The van der Waals surface area contributed by atoms with Crippen molar-refractivity contribution in [1.29, 1.82) is 0 Å². The molecule has 2 rings (SSSR count). The summed E-state index contributed by atoms with van der Waals surface area (Å²) in [6.45, 7) is 6.07. The lowest BCUT2D eigenvalue weighted by Crippen LogP contribution is -2.32. The molecule has 20 heavy (non-hydrogen) atoms. The Hall–Kier alpha value is -0.900. The molecule has 0 aromatic carbocycles. The van der Waals surface area contributed by atoms with Crippen LogP contribution in [0.4, 0.5) is 0 Å². The van der Waals surface area contributed by atoms with E-state index in [-0.39, 0.29) is 13.2 Å². The minimum atomic E-state index is -0.0882. The summed E-state index contributed by atoms with van der Waals surface area (Å²) >= 11 is 1.73. The van der Waals surface area contributed by atoms with Gasteiger partial charge in [0.05, 0.1) is 6.61 Å². The van der Waals surface area contributed by atoms with Crippen LogP contribution in [-0.2, 0) is 6.54 Å². The van der Waals surface area contributed by atoms with Crippen molar-refractivity contribution in [3.8, 4) is 11.8 Å². The zero-order valence-electron chi connectivity index (χ0n) is 11.7. The molecule has 0 aliphatic carbocycles. The highest BCUT2D eigenvalue weighted by Crippen LogP contribution is 2.19. The lowest BCUT2D eigenvalue weighted by atomic mass is 10.2. The van der Waals surface area contributed by atoms with Crippen LogP contribution in [0.25, 0.3) is 0 Å². The highest BCUT2D eigenvalue weighted by molar-refractivity contribution is 7.10. The molecule has 1 aromatic rings. The number of aliphatic hydroxyl groups excluding tert-OH is 2. The molecule has 1 aromatic heterocycles. The Morgan fingerprint density at radius 1 is 1.15 bits per heavy atom. The number of thiophene rings is 1. The Bertz CT molecular complexity index is 464. The van der Waals surface area contributed by atoms with Crippen LogP contribution in [0.2, 0.25) is 0 Å². The molecular formula is C15H22N2O2S. The van der Waals surface area contributed by atoms with E-state index >= 15 is 0 Å². The lowest BCUT2D eigenvalue weighted by molar-refractivity contribution is 0.196. The van der Waals surface area contributed by atoms with Gasteiger partial charge in [-0.3, -0.25) is 9.80 Å². The molecule has 1 fully saturated rings. The molecule has 0 radical (unpaired) electrons. The predicted molar refractivity (Wildman–Crippen MR) is 81.7 cm³/mol. The van der Waals surface area contributed by atoms with E-state index in [1.807, 2.05) is 6.07 Å². The minimum absolute atomic E-state index is 0.0882. The fourth-order valence-corrected chi connectivity index (χ4v) is 3.33. The van der Waals surface area contributed by atoms with Gasteiger partial charge in [0.15, 0.2) is 0 Å². The normalized spacial score (nSPS) is 17.5. The molecule has 4 nitrogen and oxygen atoms in total. The monoisotopic (exact) mass is 294 g/mol. The van der Waals surface area contributed by atoms with Crippen LogP contribution in [0.3, 0.4) is 0 Å². The molecular weight excluding hydrogens is 272 g/mol. The van der Waals surface area contributed by atoms with Crippen LogP contribution in [0.5, 0.6) is 0 Å². The number of nitrogens with zero attached hydrogens (tertiary/aromatic N) is 2. The van der Waals surface area contributed by atoms with Crippen molar-refractivity contribution >= 4 is 11.3 Å². The molecule has 2 N–H and O–H groups in total. The molecule has 0 atom stereocenters. The van der Waals surface area contributed by atoms with Gasteiger partial charge in [-0.2, -0.15) is 0 Å². The topological polar surface area (TPSA) is 46.9 Å². The van der Waals surface area contributed by atoms with Gasteiger partial charge in [0.2, 0.25) is 0 Å². The van der Waals surface area contributed by atoms with Gasteiger partial charge in [0.25, 0.3) is 0 Å². The largest absolute Gasteiger partial charge is 0.395 e. The second-order valence-electron chi connectivity index (χ2n) is 4.91. The number of hydrogen-bond acceptors (Lipinski definition) is 5. The first-order valence-electron chi connectivity index (χ1n) is 7.05. The highest BCUT2D eigenvalue weighted by Gasteiger charge is 2.15. The average Bonchev–Trinajstić information content (AvgIpc) is 2.77. The van der Waals surface area contributed by atoms with E-state index in [9.17, 15) is 0 Å². The van der Waals surface area contributed by atoms with Crippen molar-refractivity contribution in [2.75, 3.05) is 45.9 Å². The number of rotatable bonds is 4. The molecule has 0 amide bonds. The third kappa shape index (κ3) is 4.58. The van der Waals surface area contributed by atoms with Crippen molar-refractivity contribution in [2.24, 2.45) is 0 Å². The Balaban J connectivity index is 1.91. The molecule has 0 saturated carbocycles. The van der Waals surface area contributed by atoms with E-state index in [0.29, 0.717) is 0 Å². The summed E-state index contributed by atoms with van der Waals surface area (Å²) in [4.78, 5) is 6.05. The van der Waals surface area contributed by atoms with Crippen LogP contribution in [-0.4, -0.2) is 66.0 Å². The van der Waals surface area contributed by atoms with E-state index in [1.54, 1.807) is 11.3 Å². The van der Waals surface area contributed by atoms with Gasteiger partial charge in [0, 0.05) is 36.6 Å². The SMILES string of the molecule is OCC#Cc1ccsc1CN1CCCN(CCO)CC1. The van der Waals surface area contributed by atoms with E-state index in [1.165, 1.54) is 4.88 Å². The first-order valence-corrected chi connectivity index (χ1v) is 7.93. The van der Waals surface area contributed by atoms with Gasteiger partial charge >= 0.3 is 0 Å². The zero-order valence-corrected chi connectivity index (χ0v) is 12.5. The first-order chi connectivity index (χ1) is 9.83. The van der Waals surface area contributed by atoms with Gasteiger partial charge < -0.3 is 10.2 Å². The van der Waals surface area contributed by atoms with Crippen LogP contribution < -0.4 is 0 Å². The van der Waals surface area contributed by atoms with Gasteiger partial charge in [-0.15, -0.1) is 11.3 Å². The van der Waals surface area contributed by atoms with Crippen molar-refractivity contribution in [1.82, 2.24) is 9.80 Å². The second kappa shape index (κ2) is 8.40. The third-order valence-corrected chi connectivity index (χ3v) is 4.42. The van der Waals surface area contributed by atoms with Crippen LogP contribution in [0.1, 0.15) is 16.9 Å². The van der Waals surface area contributed by atoms with Crippen molar-refractivity contribution in [2.45, 2.75) is 13.0 Å². The standard InChI is InChI=1S/C15H22N2O2S/c18-10-1-3-14-4-12-20-15(14)13-17-6-2-5-16(7-8-17)9-11-19/h4,12,18-19H,2,5-11,13H2. The molecule has 2 heterocycles. The van der Waals surface area contributed by atoms with Crippen LogP contribution in [0, 0.1) is 11.8 Å². The van der Waals surface area contributed by atoms with Crippen molar-refractivity contribution in [3.63, 3.8) is 0 Å². The third-order valence-electron chi connectivity index (χ3n) is 3.51. The average molecular weight is 294 g/mol. The summed E-state index contributed by atoms with van der Waals surface area (Å²) in [5, 5.41) is 19.9. The molecule has 5 heteroatoms. The quantitative estimate of drug-likeness (QED) is 0.798. The van der Waals surface area contributed by atoms with E-state index in [4.69, 9.17) is 10.2 Å². The smallest absolute Gasteiger partial charge is 0.104 e. The summed E-state index contributed by atoms with van der Waals surface area (Å²) in [5.74, 6) is 5.74. The number of hydrogen-bond donors (Lipinski definition) is 2. The first kappa shape index (κ1) is 15.5. The highest BCUT2D eigenvalue weighted by atomic mass is 32.1. The summed E-state index contributed by atoms with van der Waals surface area (Å²) in [6, 6.07) is 2.03. The van der Waals surface area contributed by atoms with Crippen molar-refractivity contribution in [3.05, 3.63) is 21.9 Å². The van der Waals surface area contributed by atoms with Gasteiger partial charge in [-0.25, -0.2) is 0 Å². The molecule has 1 saturated heterocycles. The maximum atomic E-state index is 9.01. The van der Waals surface area contributed by atoms with Crippen molar-refractivity contribution < 1.29 is 10.2 Å². The van der Waals surface area contributed by atoms with Crippen LogP contribution >= 0.6 is 11.3 Å². The van der Waals surface area contributed by atoms with E-state index < -0.39 is 0 Å². The Morgan fingerprint density at radius 3 is 2.75 bits per heavy atom. The summed E-state index contributed by atoms with van der Waals surface area (Å²) < 4.78 is 0. The molecule has 0 unspecified atom stereocenters. The van der Waals surface area contributed by atoms with Gasteiger partial charge in [-0.05, 0) is 31.0 Å². The predicted octanol–water partition coefficient (Wildman–Crippen LogP) is 0.592. The maximum absolute atomic E-state index is 9.01. The Morgan fingerprint density at radius 2 is 1.95 bits per heavy atom. The Kier molecular flexibility index (Phi) is 6.51. The number of β-amino-alcohol motifs (C(OH)–C–C–N with tert-alkyl or cyclic N) is 1. The fourth-order valence-electron chi connectivity index (χ4n) is 2.46. The molecule has 1 aliphatic heterocycles. The fraction of sp³-hybridized carbons (Fsp3) is 0.600. The van der Waals surface area contributed by atoms with Gasteiger partial charge in [-0.1, -0.05) is 11.8 Å². The molecule has 110 valence electrons. The number of aliphatic hydroxyl groups is 2. The molecule has 0 bridgehead atoms. The Labute approximate surface area is 124 Å². The van der Waals surface area contributed by atoms with E-state index in [0.717, 1.165) is 51.3 Å². The molecule has 1 aliphatic rings. The minimum Gasteiger partial charge on any atom is -0.395 e. The maximum Gasteiger partial charge on any atom is 0.104 e. The zero-order chi connectivity index (χ0) is 14.2. The lowest BCUT2D eigenvalue weighted by Gasteiger charge is -2.20. The summed E-state index contributed by atoms with van der Waals surface area (Å²) in [7, 11) is 0.